The van der Waals surface area contributed by atoms with Gasteiger partial charge in [-0.15, -0.1) is 12.4 Å². The van der Waals surface area contributed by atoms with Gasteiger partial charge in [0.25, 0.3) is 0 Å². The predicted molar refractivity (Wildman–Crippen MR) is 90.1 cm³/mol. The van der Waals surface area contributed by atoms with Crippen LogP contribution in [0.15, 0.2) is 30.5 Å². The van der Waals surface area contributed by atoms with E-state index in [1.165, 1.54) is 5.56 Å². The summed E-state index contributed by atoms with van der Waals surface area (Å²) in [5, 5.41) is 23.7. The number of aliphatic hydroxyl groups is 1. The van der Waals surface area contributed by atoms with Crippen LogP contribution in [0.4, 0.5) is 0 Å². The third kappa shape index (κ3) is 3.87. The van der Waals surface area contributed by atoms with E-state index in [-0.39, 0.29) is 18.5 Å². The van der Waals surface area contributed by atoms with E-state index in [0.29, 0.717) is 12.5 Å². The van der Waals surface area contributed by atoms with Gasteiger partial charge in [0, 0.05) is 43.2 Å². The number of β-amino-alcohol motifs (C(OH)–C–C–N with tert-alkyl or cyclic N) is 1. The highest BCUT2D eigenvalue weighted by molar-refractivity contribution is 5.85. The minimum Gasteiger partial charge on any atom is -0.391 e. The Morgan fingerprint density at radius 3 is 2.95 bits per heavy atom. The van der Waals surface area contributed by atoms with Gasteiger partial charge in [0.05, 0.1) is 18.0 Å². The molecule has 0 bridgehead atoms. The van der Waals surface area contributed by atoms with Crippen LogP contribution in [0.5, 0.6) is 0 Å². The van der Waals surface area contributed by atoms with E-state index in [4.69, 9.17) is 0 Å². The SMILES string of the molecule is Cc1cccc(-c2[nH]ncc2CNCC2CNCC2O)c1.Cl. The molecule has 3 rings (SSSR count). The van der Waals surface area contributed by atoms with Crippen molar-refractivity contribution >= 4 is 12.4 Å². The van der Waals surface area contributed by atoms with Gasteiger partial charge in [0.2, 0.25) is 0 Å². The van der Waals surface area contributed by atoms with Gasteiger partial charge < -0.3 is 15.7 Å². The maximum atomic E-state index is 9.79. The van der Waals surface area contributed by atoms with E-state index >= 15 is 0 Å². The molecule has 1 aliphatic rings. The molecule has 0 amide bonds. The van der Waals surface area contributed by atoms with Crippen molar-refractivity contribution in [2.75, 3.05) is 19.6 Å². The zero-order valence-corrected chi connectivity index (χ0v) is 13.5. The molecule has 0 aliphatic carbocycles. The number of nitrogens with one attached hydrogen (secondary N) is 3. The number of aromatic amines is 1. The van der Waals surface area contributed by atoms with E-state index in [1.54, 1.807) is 0 Å². The third-order valence-corrected chi connectivity index (χ3v) is 4.05. The highest BCUT2D eigenvalue weighted by atomic mass is 35.5. The van der Waals surface area contributed by atoms with E-state index < -0.39 is 0 Å². The summed E-state index contributed by atoms with van der Waals surface area (Å²) in [5.41, 5.74) is 4.62. The second kappa shape index (κ2) is 7.74. The van der Waals surface area contributed by atoms with Crippen molar-refractivity contribution < 1.29 is 5.11 Å². The lowest BCUT2D eigenvalue weighted by molar-refractivity contribution is 0.146. The van der Waals surface area contributed by atoms with Crippen molar-refractivity contribution in [1.82, 2.24) is 20.8 Å². The summed E-state index contributed by atoms with van der Waals surface area (Å²) in [6.07, 6.45) is 1.63. The lowest BCUT2D eigenvalue weighted by atomic mass is 10.0. The summed E-state index contributed by atoms with van der Waals surface area (Å²) >= 11 is 0. The molecule has 0 spiro atoms. The lowest BCUT2D eigenvalue weighted by Gasteiger charge is -2.14. The van der Waals surface area contributed by atoms with Gasteiger partial charge in [-0.2, -0.15) is 5.10 Å². The fourth-order valence-corrected chi connectivity index (χ4v) is 2.82. The van der Waals surface area contributed by atoms with Crippen LogP contribution in [0.1, 0.15) is 11.1 Å². The minimum atomic E-state index is -0.238. The van der Waals surface area contributed by atoms with Gasteiger partial charge in [-0.05, 0) is 13.0 Å². The standard InChI is InChI=1S/C16H22N4O.ClH/c1-11-3-2-4-12(5-11)16-14(9-19-20-16)8-17-6-13-7-18-10-15(13)21;/h2-5,9,13,15,17-18,21H,6-8,10H2,1H3,(H,19,20);1H. The zero-order valence-electron chi connectivity index (χ0n) is 12.7. The third-order valence-electron chi connectivity index (χ3n) is 4.05. The molecule has 1 aromatic heterocycles. The Balaban J connectivity index is 0.00000176. The van der Waals surface area contributed by atoms with Gasteiger partial charge in [0.15, 0.2) is 0 Å². The number of aryl methyl sites for hydroxylation is 1. The first-order chi connectivity index (χ1) is 10.2. The van der Waals surface area contributed by atoms with Crippen molar-refractivity contribution in [1.29, 1.82) is 0 Å². The molecule has 2 aromatic rings. The minimum absolute atomic E-state index is 0. The monoisotopic (exact) mass is 322 g/mol. The van der Waals surface area contributed by atoms with Crippen LogP contribution in [0.3, 0.4) is 0 Å². The topological polar surface area (TPSA) is 73.0 Å². The zero-order chi connectivity index (χ0) is 14.7. The highest BCUT2D eigenvalue weighted by Crippen LogP contribution is 2.22. The molecule has 4 N–H and O–H groups in total. The van der Waals surface area contributed by atoms with Gasteiger partial charge >= 0.3 is 0 Å². The number of aliphatic hydroxyl groups excluding tert-OH is 1. The number of H-pyrrole nitrogens is 1. The molecule has 1 saturated heterocycles. The Morgan fingerprint density at radius 1 is 1.36 bits per heavy atom. The average Bonchev–Trinajstić information content (AvgIpc) is 3.09. The molecule has 2 unspecified atom stereocenters. The van der Waals surface area contributed by atoms with E-state index in [2.05, 4.69) is 52.0 Å². The molecule has 6 heteroatoms. The highest BCUT2D eigenvalue weighted by Gasteiger charge is 2.24. The normalized spacial score (nSPS) is 20.8. The first-order valence-electron chi connectivity index (χ1n) is 7.43. The molecular formula is C16H23ClN4O. The van der Waals surface area contributed by atoms with Gasteiger partial charge in [-0.1, -0.05) is 23.8 Å². The van der Waals surface area contributed by atoms with Crippen molar-refractivity contribution in [2.45, 2.75) is 19.6 Å². The first-order valence-corrected chi connectivity index (χ1v) is 7.43. The average molecular weight is 323 g/mol. The summed E-state index contributed by atoms with van der Waals surface area (Å²) < 4.78 is 0. The summed E-state index contributed by atoms with van der Waals surface area (Å²) in [7, 11) is 0. The molecular weight excluding hydrogens is 300 g/mol. The molecule has 2 heterocycles. The van der Waals surface area contributed by atoms with Crippen molar-refractivity contribution in [3.8, 4) is 11.3 Å². The Labute approximate surface area is 136 Å². The second-order valence-corrected chi connectivity index (χ2v) is 5.76. The molecule has 5 nitrogen and oxygen atoms in total. The molecule has 0 radical (unpaired) electrons. The Bertz CT molecular complexity index is 601. The smallest absolute Gasteiger partial charge is 0.0716 e. The second-order valence-electron chi connectivity index (χ2n) is 5.76. The van der Waals surface area contributed by atoms with Crippen molar-refractivity contribution in [2.24, 2.45) is 5.92 Å². The first kappa shape index (κ1) is 17.0. The maximum absolute atomic E-state index is 9.79. The Morgan fingerprint density at radius 2 is 2.23 bits per heavy atom. The number of hydrogen-bond acceptors (Lipinski definition) is 4. The quantitative estimate of drug-likeness (QED) is 0.673. The molecule has 22 heavy (non-hydrogen) atoms. The van der Waals surface area contributed by atoms with E-state index in [0.717, 1.165) is 36.5 Å². The lowest BCUT2D eigenvalue weighted by Crippen LogP contribution is -2.30. The largest absolute Gasteiger partial charge is 0.391 e. The number of halogens is 1. The number of aromatic nitrogens is 2. The number of benzene rings is 1. The van der Waals surface area contributed by atoms with Crippen LogP contribution >= 0.6 is 12.4 Å². The van der Waals surface area contributed by atoms with Crippen LogP contribution in [-0.2, 0) is 6.54 Å². The van der Waals surface area contributed by atoms with Gasteiger partial charge in [-0.3, -0.25) is 5.10 Å². The molecule has 1 aliphatic heterocycles. The van der Waals surface area contributed by atoms with Crippen LogP contribution in [0.2, 0.25) is 0 Å². The Hall–Kier alpha value is -1.40. The predicted octanol–water partition coefficient (Wildman–Crippen LogP) is 1.48. The Kier molecular flexibility index (Phi) is 5.97. The van der Waals surface area contributed by atoms with Crippen molar-refractivity contribution in [3.63, 3.8) is 0 Å². The van der Waals surface area contributed by atoms with Crippen LogP contribution in [0, 0.1) is 12.8 Å². The number of nitrogens with zero attached hydrogens (tertiary/aromatic N) is 1. The number of rotatable bonds is 5. The molecule has 1 aromatic carbocycles. The maximum Gasteiger partial charge on any atom is 0.0716 e. The summed E-state index contributed by atoms with van der Waals surface area (Å²) in [5.74, 6) is 0.291. The van der Waals surface area contributed by atoms with Gasteiger partial charge in [-0.25, -0.2) is 0 Å². The van der Waals surface area contributed by atoms with Crippen LogP contribution in [0.25, 0.3) is 11.3 Å². The molecule has 0 saturated carbocycles. The molecule has 2 atom stereocenters. The molecule has 1 fully saturated rings. The molecule has 120 valence electrons. The fourth-order valence-electron chi connectivity index (χ4n) is 2.82. The van der Waals surface area contributed by atoms with Crippen molar-refractivity contribution in [3.05, 3.63) is 41.6 Å². The van der Waals surface area contributed by atoms with Gasteiger partial charge in [0.1, 0.15) is 0 Å². The van der Waals surface area contributed by atoms with Crippen LogP contribution in [-0.4, -0.2) is 41.0 Å². The number of hydrogen-bond donors (Lipinski definition) is 4. The van der Waals surface area contributed by atoms with E-state index in [1.807, 2.05) is 6.20 Å². The summed E-state index contributed by atoms with van der Waals surface area (Å²) in [6, 6.07) is 8.39. The summed E-state index contributed by atoms with van der Waals surface area (Å²) in [6.45, 7) is 5.23. The summed E-state index contributed by atoms with van der Waals surface area (Å²) in [4.78, 5) is 0. The fraction of sp³-hybridized carbons (Fsp3) is 0.438. The van der Waals surface area contributed by atoms with Crippen LogP contribution < -0.4 is 10.6 Å². The van der Waals surface area contributed by atoms with E-state index in [9.17, 15) is 5.11 Å².